The van der Waals surface area contributed by atoms with Crippen LogP contribution >= 0.6 is 8.58 Å². The molecule has 0 fully saturated rings. The Kier molecular flexibility index (Phi) is 14.2. The van der Waals surface area contributed by atoms with E-state index in [2.05, 4.69) is 27.7 Å². The average Bonchev–Trinajstić information content (AvgIpc) is 2.38. The second kappa shape index (κ2) is 13.9. The largest absolute Gasteiger partial charge is 0.122 e. The molecule has 3 atom stereocenters. The highest BCUT2D eigenvalue weighted by Gasteiger charge is 2.08. The lowest BCUT2D eigenvalue weighted by Gasteiger charge is -2.17. The van der Waals surface area contributed by atoms with Crippen molar-refractivity contribution in [1.29, 1.82) is 0 Å². The van der Waals surface area contributed by atoms with Gasteiger partial charge in [0.25, 0.3) is 0 Å². The number of rotatable bonds is 13. The monoisotopic (exact) mass is 272 g/mol. The summed E-state index contributed by atoms with van der Waals surface area (Å²) < 4.78 is 0. The molecule has 110 valence electrons. The summed E-state index contributed by atoms with van der Waals surface area (Å²) in [6.07, 6.45) is 15.9. The van der Waals surface area contributed by atoms with Crippen LogP contribution in [0.5, 0.6) is 0 Å². The van der Waals surface area contributed by atoms with Crippen molar-refractivity contribution >= 4 is 8.58 Å². The van der Waals surface area contributed by atoms with Crippen molar-refractivity contribution in [3.63, 3.8) is 0 Å². The van der Waals surface area contributed by atoms with Gasteiger partial charge >= 0.3 is 0 Å². The van der Waals surface area contributed by atoms with E-state index < -0.39 is 0 Å². The van der Waals surface area contributed by atoms with Crippen molar-refractivity contribution in [1.82, 2.24) is 0 Å². The average molecular weight is 272 g/mol. The number of hydrogen-bond donors (Lipinski definition) is 0. The Morgan fingerprint density at radius 1 is 0.833 bits per heavy atom. The van der Waals surface area contributed by atoms with Crippen molar-refractivity contribution in [2.75, 3.05) is 12.3 Å². The quantitative estimate of drug-likeness (QED) is 0.265. The highest BCUT2D eigenvalue weighted by Crippen LogP contribution is 2.24. The van der Waals surface area contributed by atoms with E-state index in [9.17, 15) is 0 Å². The summed E-state index contributed by atoms with van der Waals surface area (Å²) in [5.74, 6) is 1.98. The summed E-state index contributed by atoms with van der Waals surface area (Å²) in [7, 11) is 1.23. The molecule has 0 saturated heterocycles. The fraction of sp³-hybridized carbons (Fsp3) is 1.00. The standard InChI is InChI=1S/C17H37P/c1-5-8-9-10-14-18-15-16(4)12-13-17(7-3)11-6-2/h16-18H,5-15H2,1-4H3. The maximum absolute atomic E-state index is 2.47. The van der Waals surface area contributed by atoms with Crippen LogP contribution in [0.15, 0.2) is 0 Å². The molecule has 0 nitrogen and oxygen atoms in total. The van der Waals surface area contributed by atoms with Crippen molar-refractivity contribution in [2.45, 2.75) is 85.5 Å². The Hall–Kier alpha value is 0.430. The van der Waals surface area contributed by atoms with Crippen LogP contribution in [0.3, 0.4) is 0 Å². The summed E-state index contributed by atoms with van der Waals surface area (Å²) in [6, 6.07) is 0. The zero-order valence-corrected chi connectivity index (χ0v) is 14.4. The second-order valence-corrected chi connectivity index (χ2v) is 7.42. The smallest absolute Gasteiger partial charge is 0.0328 e. The summed E-state index contributed by atoms with van der Waals surface area (Å²) in [4.78, 5) is 0. The minimum absolute atomic E-state index is 0.973. The molecule has 1 heteroatoms. The first-order valence-corrected chi connectivity index (χ1v) is 9.86. The topological polar surface area (TPSA) is 0 Å². The number of hydrogen-bond acceptors (Lipinski definition) is 0. The molecule has 3 unspecified atom stereocenters. The lowest BCUT2D eigenvalue weighted by molar-refractivity contribution is 0.389. The van der Waals surface area contributed by atoms with Crippen molar-refractivity contribution in [3.8, 4) is 0 Å². The van der Waals surface area contributed by atoms with Crippen molar-refractivity contribution < 1.29 is 0 Å². The SMILES string of the molecule is CCCCCCPCC(C)CCC(CC)CCC. The molecule has 0 bridgehead atoms. The Labute approximate surface area is 118 Å². The molecule has 0 aromatic heterocycles. The molecule has 0 spiro atoms. The fourth-order valence-electron chi connectivity index (χ4n) is 2.61. The van der Waals surface area contributed by atoms with Crippen LogP contribution in [0.25, 0.3) is 0 Å². The second-order valence-electron chi connectivity index (χ2n) is 6.01. The Balaban J connectivity index is 3.38. The minimum Gasteiger partial charge on any atom is -0.122 e. The Morgan fingerprint density at radius 3 is 2.22 bits per heavy atom. The van der Waals surface area contributed by atoms with Crippen LogP contribution in [0.1, 0.15) is 85.5 Å². The molecule has 0 aliphatic rings. The number of unbranched alkanes of at least 4 members (excludes halogenated alkanes) is 3. The predicted molar refractivity (Wildman–Crippen MR) is 89.3 cm³/mol. The first-order chi connectivity index (χ1) is 8.74. The van der Waals surface area contributed by atoms with Gasteiger partial charge in [-0.3, -0.25) is 0 Å². The third-order valence-electron chi connectivity index (χ3n) is 4.04. The van der Waals surface area contributed by atoms with Gasteiger partial charge in [0.2, 0.25) is 0 Å². The van der Waals surface area contributed by atoms with Gasteiger partial charge in [-0.15, -0.1) is 8.58 Å². The molecule has 0 aliphatic carbocycles. The van der Waals surface area contributed by atoms with Gasteiger partial charge in [-0.05, 0) is 30.6 Å². The molecule has 0 aromatic rings. The van der Waals surface area contributed by atoms with Crippen LogP contribution in [-0.4, -0.2) is 12.3 Å². The van der Waals surface area contributed by atoms with Crippen LogP contribution < -0.4 is 0 Å². The molecule has 0 amide bonds. The molecule has 0 saturated carbocycles. The predicted octanol–water partition coefficient (Wildman–Crippen LogP) is 6.49. The molecule has 0 aromatic carbocycles. The van der Waals surface area contributed by atoms with E-state index in [4.69, 9.17) is 0 Å². The zero-order chi connectivity index (χ0) is 13.6. The van der Waals surface area contributed by atoms with Gasteiger partial charge in [-0.25, -0.2) is 0 Å². The van der Waals surface area contributed by atoms with E-state index in [1.807, 2.05) is 0 Å². The van der Waals surface area contributed by atoms with Gasteiger partial charge in [0.15, 0.2) is 0 Å². The normalized spacial score (nSPS) is 15.3. The van der Waals surface area contributed by atoms with Crippen LogP contribution in [0.4, 0.5) is 0 Å². The minimum atomic E-state index is 0.973. The molecule has 0 rings (SSSR count). The fourth-order valence-corrected chi connectivity index (χ4v) is 4.01. The molecular formula is C17H37P. The molecular weight excluding hydrogens is 235 g/mol. The van der Waals surface area contributed by atoms with E-state index in [1.54, 1.807) is 0 Å². The first kappa shape index (κ1) is 18.4. The van der Waals surface area contributed by atoms with Crippen LogP contribution in [0.2, 0.25) is 0 Å². The van der Waals surface area contributed by atoms with E-state index >= 15 is 0 Å². The van der Waals surface area contributed by atoms with Gasteiger partial charge < -0.3 is 0 Å². The van der Waals surface area contributed by atoms with E-state index in [0.717, 1.165) is 11.8 Å². The van der Waals surface area contributed by atoms with E-state index in [1.165, 1.54) is 78.7 Å². The van der Waals surface area contributed by atoms with Crippen molar-refractivity contribution in [3.05, 3.63) is 0 Å². The summed E-state index contributed by atoms with van der Waals surface area (Å²) in [6.45, 7) is 9.45. The summed E-state index contributed by atoms with van der Waals surface area (Å²) in [5, 5.41) is 0. The van der Waals surface area contributed by atoms with Gasteiger partial charge in [-0.2, -0.15) is 0 Å². The molecule has 0 radical (unpaired) electrons. The third-order valence-corrected chi connectivity index (χ3v) is 5.73. The molecule has 0 heterocycles. The van der Waals surface area contributed by atoms with Gasteiger partial charge in [-0.1, -0.05) is 79.1 Å². The van der Waals surface area contributed by atoms with Crippen LogP contribution in [-0.2, 0) is 0 Å². The summed E-state index contributed by atoms with van der Waals surface area (Å²) in [5.41, 5.74) is 0. The summed E-state index contributed by atoms with van der Waals surface area (Å²) >= 11 is 0. The lowest BCUT2D eigenvalue weighted by Crippen LogP contribution is -2.04. The highest BCUT2D eigenvalue weighted by atomic mass is 31.1. The highest BCUT2D eigenvalue weighted by molar-refractivity contribution is 7.37. The zero-order valence-electron chi connectivity index (χ0n) is 13.4. The Bertz CT molecular complexity index is 156. The first-order valence-electron chi connectivity index (χ1n) is 8.45. The maximum atomic E-state index is 2.47. The van der Waals surface area contributed by atoms with Gasteiger partial charge in [0.05, 0.1) is 0 Å². The molecule has 0 aliphatic heterocycles. The molecule has 0 N–H and O–H groups in total. The van der Waals surface area contributed by atoms with Gasteiger partial charge in [0.1, 0.15) is 0 Å². The maximum Gasteiger partial charge on any atom is -0.0328 e. The van der Waals surface area contributed by atoms with Crippen molar-refractivity contribution in [2.24, 2.45) is 11.8 Å². The van der Waals surface area contributed by atoms with E-state index in [-0.39, 0.29) is 0 Å². The van der Waals surface area contributed by atoms with Gasteiger partial charge in [0, 0.05) is 0 Å². The third kappa shape index (κ3) is 11.5. The lowest BCUT2D eigenvalue weighted by atomic mass is 9.92. The van der Waals surface area contributed by atoms with Crippen LogP contribution in [0, 0.1) is 11.8 Å². The Morgan fingerprint density at radius 2 is 1.61 bits per heavy atom. The molecule has 18 heavy (non-hydrogen) atoms. The van der Waals surface area contributed by atoms with E-state index in [0.29, 0.717) is 0 Å².